The van der Waals surface area contributed by atoms with Crippen molar-refractivity contribution in [3.05, 3.63) is 35.9 Å². The Morgan fingerprint density at radius 3 is 2.33 bits per heavy atom. The number of benzene rings is 1. The van der Waals surface area contributed by atoms with Gasteiger partial charge in [0.25, 0.3) is 0 Å². The predicted molar refractivity (Wildman–Crippen MR) is 74.0 cm³/mol. The Balaban J connectivity index is 0.000000411. The average Bonchev–Trinajstić information content (AvgIpc) is 2.37. The molecule has 0 bridgehead atoms. The highest BCUT2D eigenvalue weighted by molar-refractivity contribution is 5.73. The van der Waals surface area contributed by atoms with Crippen LogP contribution in [0.5, 0.6) is 0 Å². The molecule has 1 unspecified atom stereocenters. The number of hydrogen-bond donors (Lipinski definition) is 3. The largest absolute Gasteiger partial charge is 0.387 e. The van der Waals surface area contributed by atoms with E-state index in [-0.39, 0.29) is 12.0 Å². The molecule has 4 N–H and O–H groups in total. The molecule has 1 aromatic carbocycles. The minimum Gasteiger partial charge on any atom is -0.387 e. The highest BCUT2D eigenvalue weighted by Gasteiger charge is 2.03. The fourth-order valence-electron chi connectivity index (χ4n) is 1.32. The third kappa shape index (κ3) is 8.73. The summed E-state index contributed by atoms with van der Waals surface area (Å²) in [7, 11) is 0. The zero-order valence-electron chi connectivity index (χ0n) is 11.2. The van der Waals surface area contributed by atoms with Gasteiger partial charge in [0.15, 0.2) is 0 Å². The molecule has 0 heterocycles. The number of primary amides is 1. The summed E-state index contributed by atoms with van der Waals surface area (Å²) in [5, 5.41) is 12.7. The van der Waals surface area contributed by atoms with E-state index in [0.29, 0.717) is 13.0 Å². The Bertz CT molecular complexity index is 315. The van der Waals surface area contributed by atoms with Crippen molar-refractivity contribution in [3.8, 4) is 0 Å². The van der Waals surface area contributed by atoms with E-state index in [1.165, 1.54) is 0 Å². The molecule has 1 aromatic rings. The number of nitrogens with one attached hydrogen (secondary N) is 1. The lowest BCUT2D eigenvalue weighted by Crippen LogP contribution is -2.20. The fraction of sp³-hybridized carbons (Fsp3) is 0.500. The molecule has 0 saturated carbocycles. The first-order chi connectivity index (χ1) is 8.61. The van der Waals surface area contributed by atoms with Crippen molar-refractivity contribution in [3.63, 3.8) is 0 Å². The summed E-state index contributed by atoms with van der Waals surface area (Å²) in [4.78, 5) is 9.82. The van der Waals surface area contributed by atoms with Gasteiger partial charge in [0.1, 0.15) is 0 Å². The van der Waals surface area contributed by atoms with Crippen LogP contribution in [-0.4, -0.2) is 24.1 Å². The summed E-state index contributed by atoms with van der Waals surface area (Å²) in [5.74, 6) is -0.211. The molecule has 102 valence electrons. The maximum absolute atomic E-state index is 9.82. The molecular weight excluding hydrogens is 228 g/mol. The van der Waals surface area contributed by atoms with E-state index < -0.39 is 0 Å². The standard InChI is InChI=1S/C10H15NO.C4H9NO/c1-2-11-8-10(12)9-6-4-3-5-7-9;1-2-3-4(5)6/h3-7,10-12H,2,8H2,1H3;2-3H2,1H3,(H2,5,6). The Morgan fingerprint density at radius 1 is 1.33 bits per heavy atom. The third-order valence-electron chi connectivity index (χ3n) is 2.27. The van der Waals surface area contributed by atoms with Gasteiger partial charge in [0.2, 0.25) is 5.91 Å². The molecule has 1 atom stereocenters. The first-order valence-electron chi connectivity index (χ1n) is 6.33. The van der Waals surface area contributed by atoms with Gasteiger partial charge in [-0.2, -0.15) is 0 Å². The van der Waals surface area contributed by atoms with Crippen LogP contribution in [0, 0.1) is 0 Å². The number of likely N-dealkylation sites (N-methyl/N-ethyl adjacent to an activating group) is 1. The van der Waals surface area contributed by atoms with E-state index in [4.69, 9.17) is 5.73 Å². The van der Waals surface area contributed by atoms with Crippen molar-refractivity contribution < 1.29 is 9.90 Å². The Morgan fingerprint density at radius 2 is 1.94 bits per heavy atom. The molecule has 4 heteroatoms. The van der Waals surface area contributed by atoms with Crippen molar-refractivity contribution >= 4 is 5.91 Å². The van der Waals surface area contributed by atoms with Crippen LogP contribution in [0.1, 0.15) is 38.4 Å². The zero-order chi connectivity index (χ0) is 13.8. The summed E-state index contributed by atoms with van der Waals surface area (Å²) in [6.07, 6.45) is 0.987. The summed E-state index contributed by atoms with van der Waals surface area (Å²) in [5.41, 5.74) is 5.73. The Kier molecular flexibility index (Phi) is 9.91. The van der Waals surface area contributed by atoms with Crippen LogP contribution in [0.15, 0.2) is 30.3 Å². The Hall–Kier alpha value is -1.39. The smallest absolute Gasteiger partial charge is 0.217 e. The number of hydrogen-bond acceptors (Lipinski definition) is 3. The van der Waals surface area contributed by atoms with Gasteiger partial charge in [0.05, 0.1) is 6.10 Å². The van der Waals surface area contributed by atoms with Crippen LogP contribution in [0.2, 0.25) is 0 Å². The summed E-state index contributed by atoms with van der Waals surface area (Å²) in [6.45, 7) is 5.47. The molecule has 0 spiro atoms. The molecule has 18 heavy (non-hydrogen) atoms. The zero-order valence-corrected chi connectivity index (χ0v) is 11.2. The van der Waals surface area contributed by atoms with E-state index in [1.54, 1.807) is 0 Å². The second-order valence-corrected chi connectivity index (χ2v) is 3.95. The maximum Gasteiger partial charge on any atom is 0.217 e. The lowest BCUT2D eigenvalue weighted by molar-refractivity contribution is -0.118. The lowest BCUT2D eigenvalue weighted by atomic mass is 10.1. The molecule has 0 fully saturated rings. The van der Waals surface area contributed by atoms with Crippen LogP contribution in [0.25, 0.3) is 0 Å². The molecule has 4 nitrogen and oxygen atoms in total. The predicted octanol–water partition coefficient (Wildman–Crippen LogP) is 1.60. The van der Waals surface area contributed by atoms with E-state index in [2.05, 4.69) is 5.32 Å². The minimum absolute atomic E-state index is 0.211. The molecule has 1 amide bonds. The second kappa shape index (κ2) is 10.7. The number of carbonyl (C=O) groups is 1. The van der Waals surface area contributed by atoms with Gasteiger partial charge in [-0.25, -0.2) is 0 Å². The summed E-state index contributed by atoms with van der Waals surface area (Å²) < 4.78 is 0. The van der Waals surface area contributed by atoms with Crippen molar-refractivity contribution in [2.75, 3.05) is 13.1 Å². The van der Waals surface area contributed by atoms with Gasteiger partial charge in [-0.3, -0.25) is 4.79 Å². The third-order valence-corrected chi connectivity index (χ3v) is 2.27. The van der Waals surface area contributed by atoms with Crippen LogP contribution >= 0.6 is 0 Å². The molecule has 0 aromatic heterocycles. The molecule has 0 aliphatic heterocycles. The molecule has 0 saturated heterocycles. The highest BCUT2D eigenvalue weighted by Crippen LogP contribution is 2.09. The number of aliphatic hydroxyl groups is 1. The second-order valence-electron chi connectivity index (χ2n) is 3.95. The SMILES string of the molecule is CCCC(N)=O.CCNCC(O)c1ccccc1. The Labute approximate surface area is 109 Å². The topological polar surface area (TPSA) is 75.4 Å². The highest BCUT2D eigenvalue weighted by atomic mass is 16.3. The van der Waals surface area contributed by atoms with E-state index in [1.807, 2.05) is 44.2 Å². The van der Waals surface area contributed by atoms with Gasteiger partial charge in [-0.15, -0.1) is 0 Å². The number of rotatable bonds is 6. The number of carbonyl (C=O) groups excluding carboxylic acids is 1. The van der Waals surface area contributed by atoms with Gasteiger partial charge < -0.3 is 16.2 Å². The summed E-state index contributed by atoms with van der Waals surface area (Å²) >= 11 is 0. The van der Waals surface area contributed by atoms with Crippen LogP contribution in [-0.2, 0) is 4.79 Å². The molecule has 0 radical (unpaired) electrons. The van der Waals surface area contributed by atoms with Crippen molar-refractivity contribution in [2.45, 2.75) is 32.8 Å². The summed E-state index contributed by atoms with van der Waals surface area (Å²) in [6, 6.07) is 9.68. The van der Waals surface area contributed by atoms with Gasteiger partial charge in [-0.1, -0.05) is 44.2 Å². The van der Waals surface area contributed by atoms with Crippen LogP contribution in [0.3, 0.4) is 0 Å². The van der Waals surface area contributed by atoms with Crippen LogP contribution < -0.4 is 11.1 Å². The first kappa shape index (κ1) is 16.6. The van der Waals surface area contributed by atoms with Gasteiger partial charge in [-0.05, 0) is 18.5 Å². The van der Waals surface area contributed by atoms with Crippen molar-refractivity contribution in [2.24, 2.45) is 5.73 Å². The average molecular weight is 252 g/mol. The quantitative estimate of drug-likeness (QED) is 0.720. The normalized spacial score (nSPS) is 11.3. The maximum atomic E-state index is 9.82. The fourth-order valence-corrected chi connectivity index (χ4v) is 1.32. The molecule has 0 aliphatic carbocycles. The number of nitrogens with two attached hydrogens (primary N) is 1. The molecular formula is C14H24N2O2. The molecule has 1 rings (SSSR count). The number of aliphatic hydroxyl groups excluding tert-OH is 1. The molecule has 0 aliphatic rings. The first-order valence-corrected chi connectivity index (χ1v) is 6.33. The van der Waals surface area contributed by atoms with E-state index >= 15 is 0 Å². The van der Waals surface area contributed by atoms with Gasteiger partial charge in [0, 0.05) is 13.0 Å². The minimum atomic E-state index is -0.383. The van der Waals surface area contributed by atoms with Crippen molar-refractivity contribution in [1.29, 1.82) is 0 Å². The van der Waals surface area contributed by atoms with Gasteiger partial charge >= 0.3 is 0 Å². The number of amides is 1. The monoisotopic (exact) mass is 252 g/mol. The van der Waals surface area contributed by atoms with E-state index in [0.717, 1.165) is 18.5 Å². The van der Waals surface area contributed by atoms with E-state index in [9.17, 15) is 9.90 Å². The lowest BCUT2D eigenvalue weighted by Gasteiger charge is -2.10. The van der Waals surface area contributed by atoms with Crippen molar-refractivity contribution in [1.82, 2.24) is 5.32 Å². The van der Waals surface area contributed by atoms with Crippen LogP contribution in [0.4, 0.5) is 0 Å².